The lowest BCUT2D eigenvalue weighted by Crippen LogP contribution is -2.68. The Morgan fingerprint density at radius 2 is 2.50 bits per heavy atom. The van der Waals surface area contributed by atoms with Gasteiger partial charge in [0, 0.05) is 30.7 Å². The van der Waals surface area contributed by atoms with Crippen LogP contribution in [0.2, 0.25) is 0 Å². The second kappa shape index (κ2) is 4.48. The number of carbonyl (C=O) groups is 1. The highest BCUT2D eigenvalue weighted by Crippen LogP contribution is 2.18. The van der Waals surface area contributed by atoms with Crippen molar-refractivity contribution in [3.63, 3.8) is 0 Å². The minimum absolute atomic E-state index is 0.157. The van der Waals surface area contributed by atoms with Crippen molar-refractivity contribution >= 4 is 17.3 Å². The van der Waals surface area contributed by atoms with Crippen LogP contribution in [0.5, 0.6) is 0 Å². The lowest BCUT2D eigenvalue weighted by Gasteiger charge is -2.42. The molecule has 2 rings (SSSR count). The van der Waals surface area contributed by atoms with Gasteiger partial charge < -0.3 is 15.7 Å². The number of aryl methyl sites for hydroxylation is 1. The third-order valence-electron chi connectivity index (χ3n) is 2.70. The van der Waals surface area contributed by atoms with Gasteiger partial charge in [-0.2, -0.15) is 0 Å². The van der Waals surface area contributed by atoms with Crippen molar-refractivity contribution in [1.29, 1.82) is 0 Å². The highest BCUT2D eigenvalue weighted by atomic mass is 32.1. The van der Waals surface area contributed by atoms with Crippen LogP contribution in [0, 0.1) is 6.92 Å². The summed E-state index contributed by atoms with van der Waals surface area (Å²) in [5, 5.41) is 18.2. The van der Waals surface area contributed by atoms with Crippen LogP contribution in [-0.4, -0.2) is 34.7 Å². The summed E-state index contributed by atoms with van der Waals surface area (Å²) < 4.78 is 0. The number of aromatic nitrogens is 1. The minimum Gasteiger partial charge on any atom is -0.481 e. The quantitative estimate of drug-likeness (QED) is 0.694. The molecule has 1 saturated heterocycles. The van der Waals surface area contributed by atoms with Gasteiger partial charge in [0.2, 0.25) is 0 Å². The Morgan fingerprint density at radius 1 is 1.75 bits per heavy atom. The Balaban J connectivity index is 1.90. The van der Waals surface area contributed by atoms with Gasteiger partial charge in [-0.1, -0.05) is 0 Å². The van der Waals surface area contributed by atoms with Crippen LogP contribution in [0.1, 0.15) is 17.1 Å². The van der Waals surface area contributed by atoms with E-state index in [1.807, 2.05) is 12.3 Å². The lowest BCUT2D eigenvalue weighted by atomic mass is 9.88. The molecule has 0 saturated carbocycles. The van der Waals surface area contributed by atoms with Gasteiger partial charge in [0.25, 0.3) is 0 Å². The zero-order valence-electron chi connectivity index (χ0n) is 9.12. The molecule has 5 nitrogen and oxygen atoms in total. The maximum Gasteiger partial charge on any atom is 0.305 e. The van der Waals surface area contributed by atoms with Crippen molar-refractivity contribution in [2.75, 3.05) is 13.1 Å². The molecule has 1 aromatic rings. The number of carboxylic acid groups (broad SMARTS) is 1. The molecule has 0 amide bonds. The average molecular weight is 241 g/mol. The van der Waals surface area contributed by atoms with Gasteiger partial charge in [-0.15, -0.1) is 11.3 Å². The van der Waals surface area contributed by atoms with Gasteiger partial charge in [-0.3, -0.25) is 4.79 Å². The van der Waals surface area contributed by atoms with Crippen LogP contribution in [0.15, 0.2) is 5.38 Å². The Hall–Kier alpha value is -0.980. The van der Waals surface area contributed by atoms with E-state index in [1.54, 1.807) is 11.3 Å². The fraction of sp³-hybridized carbons (Fsp3) is 0.600. The molecule has 0 aromatic carbocycles. The summed E-state index contributed by atoms with van der Waals surface area (Å²) in [6.07, 6.45) is 0.157. The number of rotatable bonds is 5. The first kappa shape index (κ1) is 11.5. The smallest absolute Gasteiger partial charge is 0.305 e. The summed E-state index contributed by atoms with van der Waals surface area (Å²) in [7, 11) is 0. The second-order valence-corrected chi connectivity index (χ2v) is 5.13. The maximum absolute atomic E-state index is 10.7. The van der Waals surface area contributed by atoms with Crippen LogP contribution in [0.4, 0.5) is 0 Å². The molecule has 1 aliphatic heterocycles. The monoisotopic (exact) mass is 241 g/mol. The molecule has 3 N–H and O–H groups in total. The number of carboxylic acids is 1. The van der Waals surface area contributed by atoms with E-state index in [1.165, 1.54) is 0 Å². The minimum atomic E-state index is -0.760. The molecular weight excluding hydrogens is 226 g/mol. The Morgan fingerprint density at radius 3 is 2.94 bits per heavy atom. The van der Waals surface area contributed by atoms with Crippen molar-refractivity contribution in [2.45, 2.75) is 25.4 Å². The summed E-state index contributed by atoms with van der Waals surface area (Å²) in [6.45, 7) is 4.03. The molecule has 0 aliphatic carbocycles. The van der Waals surface area contributed by atoms with Gasteiger partial charge in [-0.25, -0.2) is 4.98 Å². The van der Waals surface area contributed by atoms with Crippen molar-refractivity contribution < 1.29 is 9.90 Å². The SMILES string of the molecule is Cc1csc(CNC2(CC(=O)O)CNC2)n1. The molecular formula is C10H15N3O2S. The first-order chi connectivity index (χ1) is 7.60. The molecule has 6 heteroatoms. The number of thiazole rings is 1. The summed E-state index contributed by atoms with van der Waals surface area (Å²) in [5.41, 5.74) is 0.728. The summed E-state index contributed by atoms with van der Waals surface area (Å²) in [5.74, 6) is -0.760. The largest absolute Gasteiger partial charge is 0.481 e. The van der Waals surface area contributed by atoms with E-state index in [-0.39, 0.29) is 12.0 Å². The van der Waals surface area contributed by atoms with Crippen molar-refractivity contribution in [3.05, 3.63) is 16.1 Å². The normalized spacial score (nSPS) is 18.1. The molecule has 0 radical (unpaired) electrons. The molecule has 1 aliphatic rings. The zero-order chi connectivity index (χ0) is 11.6. The van der Waals surface area contributed by atoms with Gasteiger partial charge in [0.05, 0.1) is 12.0 Å². The summed E-state index contributed by atoms with van der Waals surface area (Å²) >= 11 is 1.60. The van der Waals surface area contributed by atoms with Gasteiger partial charge in [-0.05, 0) is 6.92 Å². The first-order valence-electron chi connectivity index (χ1n) is 5.18. The number of nitrogens with one attached hydrogen (secondary N) is 2. The number of hydrogen-bond acceptors (Lipinski definition) is 5. The van der Waals surface area contributed by atoms with E-state index in [4.69, 9.17) is 5.11 Å². The van der Waals surface area contributed by atoms with E-state index in [0.717, 1.165) is 10.7 Å². The first-order valence-corrected chi connectivity index (χ1v) is 6.06. The van der Waals surface area contributed by atoms with E-state index < -0.39 is 5.97 Å². The zero-order valence-corrected chi connectivity index (χ0v) is 9.93. The molecule has 0 unspecified atom stereocenters. The molecule has 88 valence electrons. The Bertz CT molecular complexity index is 387. The van der Waals surface area contributed by atoms with Gasteiger partial charge in [0.15, 0.2) is 0 Å². The van der Waals surface area contributed by atoms with Gasteiger partial charge in [0.1, 0.15) is 5.01 Å². The van der Waals surface area contributed by atoms with E-state index in [9.17, 15) is 4.79 Å². The average Bonchev–Trinajstić information content (AvgIpc) is 2.55. The van der Waals surface area contributed by atoms with Crippen molar-refractivity contribution in [3.8, 4) is 0 Å². The number of nitrogens with zero attached hydrogens (tertiary/aromatic N) is 1. The predicted octanol–water partition coefficient (Wildman–Crippen LogP) is 0.358. The Labute approximate surface area is 97.9 Å². The predicted molar refractivity (Wildman–Crippen MR) is 61.5 cm³/mol. The summed E-state index contributed by atoms with van der Waals surface area (Å²) in [6, 6.07) is 0. The highest BCUT2D eigenvalue weighted by Gasteiger charge is 2.38. The number of aliphatic carboxylic acids is 1. The van der Waals surface area contributed by atoms with Crippen molar-refractivity contribution in [2.24, 2.45) is 0 Å². The fourth-order valence-electron chi connectivity index (χ4n) is 1.78. The molecule has 0 spiro atoms. The third-order valence-corrected chi connectivity index (χ3v) is 3.66. The number of hydrogen-bond donors (Lipinski definition) is 3. The Kier molecular flexibility index (Phi) is 3.22. The van der Waals surface area contributed by atoms with E-state index in [0.29, 0.717) is 19.6 Å². The topological polar surface area (TPSA) is 74.2 Å². The molecule has 1 aromatic heterocycles. The van der Waals surface area contributed by atoms with Crippen LogP contribution in [0.25, 0.3) is 0 Å². The van der Waals surface area contributed by atoms with E-state index >= 15 is 0 Å². The van der Waals surface area contributed by atoms with Gasteiger partial charge >= 0.3 is 5.97 Å². The van der Waals surface area contributed by atoms with E-state index in [2.05, 4.69) is 15.6 Å². The van der Waals surface area contributed by atoms with Crippen molar-refractivity contribution in [1.82, 2.24) is 15.6 Å². The molecule has 0 bridgehead atoms. The standard InChI is InChI=1S/C10H15N3O2S/c1-7-4-16-8(13-7)3-12-10(2-9(14)15)5-11-6-10/h4,11-12H,2-3,5-6H2,1H3,(H,14,15). The lowest BCUT2D eigenvalue weighted by molar-refractivity contribution is -0.139. The van der Waals surface area contributed by atoms with Crippen LogP contribution < -0.4 is 10.6 Å². The summed E-state index contributed by atoms with van der Waals surface area (Å²) in [4.78, 5) is 15.1. The molecule has 16 heavy (non-hydrogen) atoms. The highest BCUT2D eigenvalue weighted by molar-refractivity contribution is 7.09. The van der Waals surface area contributed by atoms with Crippen LogP contribution in [-0.2, 0) is 11.3 Å². The van der Waals surface area contributed by atoms with Crippen LogP contribution >= 0.6 is 11.3 Å². The maximum atomic E-state index is 10.7. The fourth-order valence-corrected chi connectivity index (χ4v) is 2.49. The molecule has 2 heterocycles. The van der Waals surface area contributed by atoms with Crippen LogP contribution in [0.3, 0.4) is 0 Å². The molecule has 1 fully saturated rings. The second-order valence-electron chi connectivity index (χ2n) is 4.19. The third kappa shape index (κ3) is 2.58. The molecule has 0 atom stereocenters.